The maximum atomic E-state index is 13.0. The molecule has 2 aromatic carbocycles. The predicted octanol–water partition coefficient (Wildman–Crippen LogP) is 2.64. The van der Waals surface area contributed by atoms with Gasteiger partial charge < -0.3 is 14.8 Å². The van der Waals surface area contributed by atoms with Crippen molar-refractivity contribution in [2.75, 3.05) is 45.3 Å². The van der Waals surface area contributed by atoms with E-state index in [9.17, 15) is 30.0 Å². The van der Waals surface area contributed by atoms with Gasteiger partial charge in [0, 0.05) is 31.7 Å². The zero-order valence-electron chi connectivity index (χ0n) is 20.8. The van der Waals surface area contributed by atoms with E-state index in [1.807, 2.05) is 24.3 Å². The standard InChI is InChI=1S/C21H23F3N2O2.2CH4O3S/c22-21(23,24)16-5-3-4-15(12-16)13-27-19-14-28-18-7-2-1-6-17(18)20(19)26-10-8-25-9-11-26;2*1-5(2,3)4/h1-7,12,19-20,25H,8-11,13-14H2;2*1H3,(H,2,3,4)/t19-,20-;;/m0../s1. The zero-order valence-corrected chi connectivity index (χ0v) is 22.4. The first-order valence-electron chi connectivity index (χ1n) is 11.3. The number of para-hydroxylation sites is 1. The van der Waals surface area contributed by atoms with Crippen molar-refractivity contribution in [1.82, 2.24) is 10.2 Å². The van der Waals surface area contributed by atoms with Crippen LogP contribution in [0.3, 0.4) is 0 Å². The highest BCUT2D eigenvalue weighted by molar-refractivity contribution is 7.85. The summed E-state index contributed by atoms with van der Waals surface area (Å²) in [6, 6.07) is 13.2. The third kappa shape index (κ3) is 12.1. The van der Waals surface area contributed by atoms with E-state index in [1.54, 1.807) is 6.07 Å². The number of piperazine rings is 1. The van der Waals surface area contributed by atoms with E-state index in [-0.39, 0.29) is 18.8 Å². The molecule has 214 valence electrons. The van der Waals surface area contributed by atoms with Gasteiger partial charge >= 0.3 is 6.18 Å². The maximum Gasteiger partial charge on any atom is 0.416 e. The lowest BCUT2D eigenvalue weighted by Gasteiger charge is -2.42. The van der Waals surface area contributed by atoms with Gasteiger partial charge in [-0.05, 0) is 23.8 Å². The first-order valence-corrected chi connectivity index (χ1v) is 15.0. The molecule has 38 heavy (non-hydrogen) atoms. The van der Waals surface area contributed by atoms with Gasteiger partial charge in [0.1, 0.15) is 18.5 Å². The summed E-state index contributed by atoms with van der Waals surface area (Å²) in [5, 5.41) is 3.35. The summed E-state index contributed by atoms with van der Waals surface area (Å²) in [5.41, 5.74) is 0.926. The minimum atomic E-state index is -4.35. The van der Waals surface area contributed by atoms with Gasteiger partial charge in [0.2, 0.25) is 0 Å². The van der Waals surface area contributed by atoms with Crippen molar-refractivity contribution >= 4 is 20.2 Å². The van der Waals surface area contributed by atoms with Gasteiger partial charge in [-0.15, -0.1) is 0 Å². The number of halogens is 3. The molecule has 2 aromatic rings. The molecule has 2 atom stereocenters. The van der Waals surface area contributed by atoms with Gasteiger partial charge in [0.05, 0.1) is 30.7 Å². The van der Waals surface area contributed by atoms with Crippen LogP contribution < -0.4 is 10.1 Å². The van der Waals surface area contributed by atoms with Gasteiger partial charge in [0.15, 0.2) is 0 Å². The Morgan fingerprint density at radius 1 is 1.00 bits per heavy atom. The minimum absolute atomic E-state index is 0.0258. The van der Waals surface area contributed by atoms with Crippen molar-refractivity contribution in [1.29, 1.82) is 0 Å². The Bertz CT molecular complexity index is 1210. The lowest BCUT2D eigenvalue weighted by molar-refractivity contribution is -0.137. The molecule has 2 heterocycles. The molecule has 0 unspecified atom stereocenters. The maximum absolute atomic E-state index is 13.0. The molecule has 10 nitrogen and oxygen atoms in total. The van der Waals surface area contributed by atoms with Crippen molar-refractivity contribution < 1.29 is 48.6 Å². The van der Waals surface area contributed by atoms with E-state index in [2.05, 4.69) is 10.2 Å². The molecule has 0 aromatic heterocycles. The Morgan fingerprint density at radius 3 is 2.16 bits per heavy atom. The second-order valence-electron chi connectivity index (χ2n) is 8.59. The average molecular weight is 585 g/mol. The summed E-state index contributed by atoms with van der Waals surface area (Å²) >= 11 is 0. The fourth-order valence-electron chi connectivity index (χ4n) is 3.89. The molecule has 3 N–H and O–H groups in total. The molecule has 0 spiro atoms. The highest BCUT2D eigenvalue weighted by Crippen LogP contribution is 2.38. The molecular formula is C23H31F3N2O8S2. The Hall–Kier alpha value is -2.27. The van der Waals surface area contributed by atoms with Gasteiger partial charge in [-0.25, -0.2) is 0 Å². The number of nitrogens with zero attached hydrogens (tertiary/aromatic N) is 1. The smallest absolute Gasteiger partial charge is 0.416 e. The molecule has 0 bridgehead atoms. The van der Waals surface area contributed by atoms with E-state index < -0.39 is 32.0 Å². The number of hydrogen-bond acceptors (Lipinski definition) is 8. The third-order valence-electron chi connectivity index (χ3n) is 5.26. The highest BCUT2D eigenvalue weighted by Gasteiger charge is 2.36. The van der Waals surface area contributed by atoms with E-state index in [0.29, 0.717) is 24.7 Å². The second-order valence-corrected chi connectivity index (χ2v) is 11.5. The molecule has 1 fully saturated rings. The van der Waals surface area contributed by atoms with E-state index >= 15 is 0 Å². The number of benzene rings is 2. The van der Waals surface area contributed by atoms with Crippen LogP contribution >= 0.6 is 0 Å². The van der Waals surface area contributed by atoms with E-state index in [0.717, 1.165) is 49.6 Å². The molecule has 4 rings (SSSR count). The molecule has 2 aliphatic heterocycles. The van der Waals surface area contributed by atoms with Crippen LogP contribution in [0, 0.1) is 0 Å². The van der Waals surface area contributed by atoms with Crippen LogP contribution in [0.5, 0.6) is 5.75 Å². The normalized spacial score (nSPS) is 20.1. The summed E-state index contributed by atoms with van der Waals surface area (Å²) in [6.07, 6.45) is -3.17. The van der Waals surface area contributed by atoms with Gasteiger partial charge in [-0.3, -0.25) is 14.0 Å². The lowest BCUT2D eigenvalue weighted by atomic mass is 9.95. The van der Waals surface area contributed by atoms with Crippen molar-refractivity contribution in [3.05, 3.63) is 65.2 Å². The molecule has 0 saturated carbocycles. The van der Waals surface area contributed by atoms with Crippen molar-refractivity contribution in [3.63, 3.8) is 0 Å². The van der Waals surface area contributed by atoms with Crippen LogP contribution in [0.25, 0.3) is 0 Å². The predicted molar refractivity (Wildman–Crippen MR) is 134 cm³/mol. The van der Waals surface area contributed by atoms with Crippen molar-refractivity contribution in [2.45, 2.75) is 24.9 Å². The van der Waals surface area contributed by atoms with Gasteiger partial charge in [0.25, 0.3) is 20.2 Å². The van der Waals surface area contributed by atoms with Crippen LogP contribution in [0.15, 0.2) is 48.5 Å². The molecule has 1 saturated heterocycles. The SMILES string of the molecule is CS(=O)(=O)O.CS(=O)(=O)O.FC(F)(F)c1cccc(CO[C@H]2COc3ccccc3[C@@H]2N2CCNCC2)c1. The van der Waals surface area contributed by atoms with Gasteiger partial charge in [-0.2, -0.15) is 30.0 Å². The van der Waals surface area contributed by atoms with Crippen LogP contribution in [0.2, 0.25) is 0 Å². The third-order valence-corrected chi connectivity index (χ3v) is 5.26. The minimum Gasteiger partial charge on any atom is -0.490 e. The van der Waals surface area contributed by atoms with Crippen LogP contribution in [-0.2, 0) is 37.8 Å². The summed E-state index contributed by atoms with van der Waals surface area (Å²) in [7, 11) is -7.33. The quantitative estimate of drug-likeness (QED) is 0.459. The number of hydrogen-bond donors (Lipinski definition) is 3. The summed E-state index contributed by atoms with van der Waals surface area (Å²) in [5.74, 6) is 0.852. The Balaban J connectivity index is 0.000000435. The van der Waals surface area contributed by atoms with Crippen LogP contribution in [-0.4, -0.2) is 82.2 Å². The molecule has 0 aliphatic carbocycles. The zero-order chi connectivity index (χ0) is 28.6. The molecule has 2 aliphatic rings. The monoisotopic (exact) mass is 584 g/mol. The second kappa shape index (κ2) is 13.7. The molecular weight excluding hydrogens is 553 g/mol. The first-order chi connectivity index (χ1) is 17.5. The first kappa shape index (κ1) is 31.9. The van der Waals surface area contributed by atoms with E-state index in [1.165, 1.54) is 6.07 Å². The molecule has 0 amide bonds. The fraction of sp³-hybridized carbons (Fsp3) is 0.478. The topological polar surface area (TPSA) is 142 Å². The fourth-order valence-corrected chi connectivity index (χ4v) is 3.89. The van der Waals surface area contributed by atoms with Crippen molar-refractivity contribution in [2.24, 2.45) is 0 Å². The highest BCUT2D eigenvalue weighted by atomic mass is 32.2. The van der Waals surface area contributed by atoms with Crippen LogP contribution in [0.1, 0.15) is 22.7 Å². The number of alkyl halides is 3. The average Bonchev–Trinajstić information content (AvgIpc) is 2.80. The lowest BCUT2D eigenvalue weighted by Crippen LogP contribution is -2.51. The Morgan fingerprint density at radius 2 is 1.58 bits per heavy atom. The van der Waals surface area contributed by atoms with Crippen molar-refractivity contribution in [3.8, 4) is 5.75 Å². The summed E-state index contributed by atoms with van der Waals surface area (Å²) in [4.78, 5) is 2.37. The molecule has 15 heteroatoms. The number of nitrogens with one attached hydrogen (secondary N) is 1. The van der Waals surface area contributed by atoms with Crippen LogP contribution in [0.4, 0.5) is 13.2 Å². The summed E-state index contributed by atoms with van der Waals surface area (Å²) in [6.45, 7) is 4.08. The number of rotatable bonds is 4. The van der Waals surface area contributed by atoms with E-state index in [4.69, 9.17) is 18.6 Å². The Kier molecular flexibility index (Phi) is 11.5. The largest absolute Gasteiger partial charge is 0.490 e. The molecule has 0 radical (unpaired) electrons. The summed E-state index contributed by atoms with van der Waals surface area (Å²) < 4.78 is 103. The Labute approximate surface area is 220 Å². The number of fused-ring (bicyclic) bond motifs is 1. The van der Waals surface area contributed by atoms with Gasteiger partial charge in [-0.1, -0.05) is 30.3 Å². The number of ether oxygens (including phenoxy) is 2.